The maximum atomic E-state index is 11.7. The molecule has 0 bridgehead atoms. The van der Waals surface area contributed by atoms with Crippen molar-refractivity contribution in [2.75, 3.05) is 18.0 Å². The van der Waals surface area contributed by atoms with Crippen LogP contribution < -0.4 is 10.6 Å². The van der Waals surface area contributed by atoms with E-state index in [0.717, 1.165) is 36.3 Å². The molecule has 0 spiro atoms. The molecular weight excluding hydrogens is 295 g/mol. The molecule has 124 valence electrons. The number of aliphatic carboxylic acids is 1. The Morgan fingerprint density at radius 3 is 2.70 bits per heavy atom. The van der Waals surface area contributed by atoms with Crippen LogP contribution in [0.1, 0.15) is 29.9 Å². The predicted octanol–water partition coefficient (Wildman–Crippen LogP) is 0.427. The van der Waals surface area contributed by atoms with Gasteiger partial charge in [0.05, 0.1) is 5.92 Å². The fourth-order valence-corrected chi connectivity index (χ4v) is 3.81. The van der Waals surface area contributed by atoms with Crippen LogP contribution in [0.4, 0.5) is 5.69 Å². The van der Waals surface area contributed by atoms with Crippen LogP contribution in [-0.2, 0) is 11.2 Å². The van der Waals surface area contributed by atoms with Gasteiger partial charge in [-0.3, -0.25) is 4.79 Å². The van der Waals surface area contributed by atoms with Crippen LogP contribution >= 0.6 is 0 Å². The van der Waals surface area contributed by atoms with Crippen molar-refractivity contribution in [2.45, 2.75) is 37.5 Å². The number of fused-ring (bicyclic) bond motifs is 1. The first-order valence-corrected chi connectivity index (χ1v) is 8.18. The molecule has 1 aromatic rings. The number of anilines is 1. The molecule has 2 aliphatic rings. The number of rotatable bonds is 6. The molecular formula is C16H23BN2O4. The van der Waals surface area contributed by atoms with Crippen LogP contribution in [0.25, 0.3) is 0 Å². The summed E-state index contributed by atoms with van der Waals surface area (Å²) >= 11 is 0. The van der Waals surface area contributed by atoms with Crippen LogP contribution in [0.5, 0.6) is 0 Å². The van der Waals surface area contributed by atoms with Gasteiger partial charge in [-0.1, -0.05) is 12.5 Å². The van der Waals surface area contributed by atoms with E-state index in [4.69, 9.17) is 15.8 Å². The van der Waals surface area contributed by atoms with E-state index in [9.17, 15) is 9.90 Å². The molecule has 3 rings (SSSR count). The summed E-state index contributed by atoms with van der Waals surface area (Å²) in [5, 5.41) is 27.5. The monoisotopic (exact) mass is 318 g/mol. The Hall–Kier alpha value is -1.57. The Kier molecular flexibility index (Phi) is 4.61. The predicted molar refractivity (Wildman–Crippen MR) is 88.4 cm³/mol. The van der Waals surface area contributed by atoms with E-state index in [0.29, 0.717) is 12.8 Å². The van der Waals surface area contributed by atoms with Crippen molar-refractivity contribution >= 4 is 18.8 Å². The minimum Gasteiger partial charge on any atom is -0.481 e. The minimum absolute atomic E-state index is 0.0233. The van der Waals surface area contributed by atoms with E-state index in [1.807, 2.05) is 12.1 Å². The maximum Gasteiger partial charge on any atom is 0.451 e. The third-order valence-electron chi connectivity index (χ3n) is 4.99. The number of carboxylic acids is 1. The van der Waals surface area contributed by atoms with E-state index < -0.39 is 19.0 Å². The molecule has 0 amide bonds. The van der Waals surface area contributed by atoms with Gasteiger partial charge < -0.3 is 25.8 Å². The van der Waals surface area contributed by atoms with Gasteiger partial charge in [0, 0.05) is 24.8 Å². The smallest absolute Gasteiger partial charge is 0.451 e. The number of hydrogen-bond donors (Lipinski definition) is 4. The van der Waals surface area contributed by atoms with Crippen LogP contribution in [-0.4, -0.2) is 47.4 Å². The lowest BCUT2D eigenvalue weighted by Gasteiger charge is -2.39. The molecule has 1 aliphatic heterocycles. The summed E-state index contributed by atoms with van der Waals surface area (Å²) in [5.74, 6) is -1.26. The number of nitrogens with zero attached hydrogens (tertiary/aromatic N) is 1. The summed E-state index contributed by atoms with van der Waals surface area (Å²) in [6, 6.07) is 6.25. The van der Waals surface area contributed by atoms with Crippen molar-refractivity contribution in [3.8, 4) is 0 Å². The van der Waals surface area contributed by atoms with E-state index in [2.05, 4.69) is 11.0 Å². The van der Waals surface area contributed by atoms with Gasteiger partial charge in [-0.25, -0.2) is 0 Å². The first-order chi connectivity index (χ1) is 11.0. The van der Waals surface area contributed by atoms with E-state index in [1.165, 1.54) is 0 Å². The van der Waals surface area contributed by atoms with Gasteiger partial charge in [-0.05, 0) is 48.3 Å². The van der Waals surface area contributed by atoms with Gasteiger partial charge in [0.1, 0.15) is 0 Å². The summed E-state index contributed by atoms with van der Waals surface area (Å²) in [5.41, 5.74) is 8.94. The lowest BCUT2D eigenvalue weighted by Crippen LogP contribution is -2.55. The zero-order valence-corrected chi connectivity index (χ0v) is 13.1. The van der Waals surface area contributed by atoms with Crippen molar-refractivity contribution in [3.63, 3.8) is 0 Å². The molecule has 6 nitrogen and oxygen atoms in total. The molecule has 2 unspecified atom stereocenters. The topological polar surface area (TPSA) is 107 Å². The van der Waals surface area contributed by atoms with E-state index in [-0.39, 0.29) is 18.3 Å². The molecule has 0 saturated carbocycles. The van der Waals surface area contributed by atoms with Crippen molar-refractivity contribution in [1.82, 2.24) is 0 Å². The molecule has 1 fully saturated rings. The highest BCUT2D eigenvalue weighted by molar-refractivity contribution is 6.40. The third-order valence-corrected chi connectivity index (χ3v) is 4.99. The first-order valence-electron chi connectivity index (χ1n) is 8.18. The molecule has 7 heteroatoms. The summed E-state index contributed by atoms with van der Waals surface area (Å²) in [4.78, 5) is 13.9. The van der Waals surface area contributed by atoms with Crippen molar-refractivity contribution in [1.29, 1.82) is 0 Å². The van der Waals surface area contributed by atoms with E-state index >= 15 is 0 Å². The Bertz CT molecular complexity index is 589. The van der Waals surface area contributed by atoms with Gasteiger partial charge in [-0.15, -0.1) is 0 Å². The summed E-state index contributed by atoms with van der Waals surface area (Å²) in [6.07, 6.45) is 2.33. The molecule has 2 atom stereocenters. The van der Waals surface area contributed by atoms with Crippen LogP contribution in [0.15, 0.2) is 18.2 Å². The Labute approximate surface area is 136 Å². The second-order valence-corrected chi connectivity index (χ2v) is 6.74. The third kappa shape index (κ3) is 3.36. The summed E-state index contributed by atoms with van der Waals surface area (Å²) in [6.45, 7) is 1.69. The largest absolute Gasteiger partial charge is 0.481 e. The second-order valence-electron chi connectivity index (χ2n) is 6.74. The lowest BCUT2D eigenvalue weighted by atomic mass is 9.80. The highest BCUT2D eigenvalue weighted by atomic mass is 16.4. The van der Waals surface area contributed by atoms with Gasteiger partial charge in [0.2, 0.25) is 0 Å². The zero-order chi connectivity index (χ0) is 16.6. The fourth-order valence-electron chi connectivity index (χ4n) is 3.81. The van der Waals surface area contributed by atoms with Crippen molar-refractivity contribution in [2.24, 2.45) is 11.7 Å². The standard InChI is InChI=1S/C16H23BN2O4/c18-12-8-19(9-12)13-3-4-14-11(7-13)6-10(15(14)16(20)21)2-1-5-17(22)23/h3-4,7,10,12,15,22-23H,1-2,5-6,8-9,18H2,(H,20,21). The number of nitrogens with two attached hydrogens (primary N) is 1. The molecule has 23 heavy (non-hydrogen) atoms. The van der Waals surface area contributed by atoms with Gasteiger partial charge in [0.15, 0.2) is 0 Å². The Morgan fingerprint density at radius 1 is 1.35 bits per heavy atom. The Balaban J connectivity index is 1.73. The number of hydrogen-bond acceptors (Lipinski definition) is 5. The summed E-state index contributed by atoms with van der Waals surface area (Å²) < 4.78 is 0. The number of benzene rings is 1. The summed E-state index contributed by atoms with van der Waals surface area (Å²) in [7, 11) is -1.32. The second kappa shape index (κ2) is 6.51. The van der Waals surface area contributed by atoms with Crippen LogP contribution in [0, 0.1) is 5.92 Å². The molecule has 1 saturated heterocycles. The molecule has 1 aliphatic carbocycles. The maximum absolute atomic E-state index is 11.7. The zero-order valence-electron chi connectivity index (χ0n) is 13.1. The SMILES string of the molecule is NC1CN(c2ccc3c(c2)CC(CCCB(O)O)C3C(=O)O)C1. The van der Waals surface area contributed by atoms with Gasteiger partial charge in [-0.2, -0.15) is 0 Å². The average Bonchev–Trinajstić information content (AvgIpc) is 2.80. The highest BCUT2D eigenvalue weighted by Gasteiger charge is 2.38. The molecule has 0 aromatic heterocycles. The van der Waals surface area contributed by atoms with E-state index in [1.54, 1.807) is 0 Å². The van der Waals surface area contributed by atoms with Crippen molar-refractivity contribution < 1.29 is 19.9 Å². The Morgan fingerprint density at radius 2 is 2.09 bits per heavy atom. The van der Waals surface area contributed by atoms with Crippen LogP contribution in [0.3, 0.4) is 0 Å². The molecule has 0 radical (unpaired) electrons. The first kappa shape index (κ1) is 16.3. The highest BCUT2D eigenvalue weighted by Crippen LogP contribution is 2.42. The number of carboxylic acid groups (broad SMARTS) is 1. The quantitative estimate of drug-likeness (QED) is 0.567. The fraction of sp³-hybridized carbons (Fsp3) is 0.562. The number of carbonyl (C=O) groups is 1. The minimum atomic E-state index is -1.32. The lowest BCUT2D eigenvalue weighted by molar-refractivity contribution is -0.139. The molecule has 1 aromatic carbocycles. The van der Waals surface area contributed by atoms with Crippen LogP contribution in [0.2, 0.25) is 6.32 Å². The molecule has 5 N–H and O–H groups in total. The molecule has 1 heterocycles. The average molecular weight is 318 g/mol. The van der Waals surface area contributed by atoms with Crippen molar-refractivity contribution in [3.05, 3.63) is 29.3 Å². The normalized spacial score (nSPS) is 23.5. The van der Waals surface area contributed by atoms with Gasteiger partial charge >= 0.3 is 13.1 Å². The van der Waals surface area contributed by atoms with Gasteiger partial charge in [0.25, 0.3) is 0 Å².